The van der Waals surface area contributed by atoms with E-state index in [-0.39, 0.29) is 11.4 Å². The summed E-state index contributed by atoms with van der Waals surface area (Å²) in [5.41, 5.74) is 2.38. The average Bonchev–Trinajstić information content (AvgIpc) is 2.51. The molecule has 2 aromatic rings. The summed E-state index contributed by atoms with van der Waals surface area (Å²) < 4.78 is 39.6. The van der Waals surface area contributed by atoms with Crippen LogP contribution in [0.25, 0.3) is 0 Å². The van der Waals surface area contributed by atoms with Crippen LogP contribution in [0.4, 0.5) is 10.1 Å². The van der Waals surface area contributed by atoms with Crippen LogP contribution < -0.4 is 5.32 Å². The van der Waals surface area contributed by atoms with Crippen LogP contribution in [0.3, 0.4) is 0 Å². The fourth-order valence-electron chi connectivity index (χ4n) is 2.36. The summed E-state index contributed by atoms with van der Waals surface area (Å²) in [7, 11) is -2.57. The third kappa shape index (κ3) is 4.65. The Morgan fingerprint density at radius 3 is 2.20 bits per heavy atom. The van der Waals surface area contributed by atoms with E-state index in [1.807, 2.05) is 26.0 Å². The summed E-state index contributed by atoms with van der Waals surface area (Å²) in [5.74, 6) is -0.984. The standard InChI is InChI=1S/C17H18BrFN2O3S/c1-11-8-13(18)9-12(2)17(11)20-16(22)10-21(3)25(23,24)15-6-4-14(19)5-7-15/h4-9H,10H2,1-3H3,(H,20,22). The topological polar surface area (TPSA) is 66.5 Å². The number of sulfonamides is 1. The highest BCUT2D eigenvalue weighted by Crippen LogP contribution is 2.25. The second-order valence-corrected chi connectivity index (χ2v) is 8.64. The highest BCUT2D eigenvalue weighted by molar-refractivity contribution is 9.10. The van der Waals surface area contributed by atoms with Gasteiger partial charge in [0.05, 0.1) is 11.4 Å². The molecule has 134 valence electrons. The van der Waals surface area contributed by atoms with Gasteiger partial charge >= 0.3 is 0 Å². The summed E-state index contributed by atoms with van der Waals surface area (Å²) in [5, 5.41) is 2.74. The fourth-order valence-corrected chi connectivity index (χ4v) is 4.17. The zero-order valence-electron chi connectivity index (χ0n) is 14.0. The molecular weight excluding hydrogens is 411 g/mol. The van der Waals surface area contributed by atoms with Crippen molar-refractivity contribution in [3.8, 4) is 0 Å². The smallest absolute Gasteiger partial charge is 0.243 e. The molecular formula is C17H18BrFN2O3S. The number of benzene rings is 2. The van der Waals surface area contributed by atoms with E-state index in [2.05, 4.69) is 21.2 Å². The monoisotopic (exact) mass is 428 g/mol. The van der Waals surface area contributed by atoms with Gasteiger partial charge in [0, 0.05) is 17.2 Å². The summed E-state index contributed by atoms with van der Waals surface area (Å²) in [6.07, 6.45) is 0. The number of carbonyl (C=O) groups excluding carboxylic acids is 1. The van der Waals surface area contributed by atoms with E-state index < -0.39 is 21.7 Å². The van der Waals surface area contributed by atoms with E-state index >= 15 is 0 Å². The average molecular weight is 429 g/mol. The minimum atomic E-state index is -3.87. The Balaban J connectivity index is 2.14. The zero-order chi connectivity index (χ0) is 18.8. The number of hydrogen-bond donors (Lipinski definition) is 1. The van der Waals surface area contributed by atoms with Crippen molar-refractivity contribution in [3.63, 3.8) is 0 Å². The van der Waals surface area contributed by atoms with Crippen LogP contribution in [0.2, 0.25) is 0 Å². The Labute approximate surface area is 155 Å². The number of amides is 1. The van der Waals surface area contributed by atoms with Gasteiger partial charge in [-0.25, -0.2) is 12.8 Å². The number of likely N-dealkylation sites (N-methyl/N-ethyl adjacent to an activating group) is 1. The molecule has 0 aliphatic carbocycles. The van der Waals surface area contributed by atoms with E-state index in [0.717, 1.165) is 32.0 Å². The molecule has 0 spiro atoms. The third-order valence-electron chi connectivity index (χ3n) is 3.65. The molecule has 0 aromatic heterocycles. The third-order valence-corrected chi connectivity index (χ3v) is 5.93. The molecule has 0 radical (unpaired) electrons. The first-order chi connectivity index (χ1) is 11.6. The molecule has 2 rings (SSSR count). The van der Waals surface area contributed by atoms with Crippen LogP contribution in [-0.4, -0.2) is 32.2 Å². The first-order valence-electron chi connectivity index (χ1n) is 7.40. The minimum Gasteiger partial charge on any atom is -0.324 e. The molecule has 0 aliphatic rings. The molecule has 2 aromatic carbocycles. The van der Waals surface area contributed by atoms with Gasteiger partial charge in [0.2, 0.25) is 15.9 Å². The normalized spacial score (nSPS) is 11.6. The quantitative estimate of drug-likeness (QED) is 0.792. The highest BCUT2D eigenvalue weighted by atomic mass is 79.9. The summed E-state index contributed by atoms with van der Waals surface area (Å²) in [6, 6.07) is 8.19. The van der Waals surface area contributed by atoms with Gasteiger partial charge in [0.1, 0.15) is 5.82 Å². The van der Waals surface area contributed by atoms with Crippen molar-refractivity contribution >= 4 is 37.5 Å². The molecule has 1 amide bonds. The number of carbonyl (C=O) groups is 1. The first-order valence-corrected chi connectivity index (χ1v) is 9.63. The van der Waals surface area contributed by atoms with Crippen molar-refractivity contribution in [1.82, 2.24) is 4.31 Å². The molecule has 0 saturated heterocycles. The van der Waals surface area contributed by atoms with Crippen molar-refractivity contribution in [2.75, 3.05) is 18.9 Å². The summed E-state index contributed by atoms with van der Waals surface area (Å²) in [4.78, 5) is 12.2. The van der Waals surface area contributed by atoms with Gasteiger partial charge in [-0.2, -0.15) is 4.31 Å². The van der Waals surface area contributed by atoms with Crippen LogP contribution in [0, 0.1) is 19.7 Å². The predicted octanol–water partition coefficient (Wildman–Crippen LogP) is 3.46. The number of nitrogens with zero attached hydrogens (tertiary/aromatic N) is 1. The molecule has 5 nitrogen and oxygen atoms in total. The first kappa shape index (κ1) is 19.6. The zero-order valence-corrected chi connectivity index (χ0v) is 16.4. The van der Waals surface area contributed by atoms with Crippen molar-refractivity contribution in [2.24, 2.45) is 0 Å². The van der Waals surface area contributed by atoms with Crippen LogP contribution >= 0.6 is 15.9 Å². The second kappa shape index (κ2) is 7.63. The van der Waals surface area contributed by atoms with Crippen molar-refractivity contribution in [1.29, 1.82) is 0 Å². The molecule has 0 aliphatic heterocycles. The molecule has 0 fully saturated rings. The van der Waals surface area contributed by atoms with E-state index in [4.69, 9.17) is 0 Å². The molecule has 0 unspecified atom stereocenters. The number of nitrogens with one attached hydrogen (secondary N) is 1. The molecule has 0 heterocycles. The number of rotatable bonds is 5. The molecule has 8 heteroatoms. The van der Waals surface area contributed by atoms with Crippen LogP contribution in [-0.2, 0) is 14.8 Å². The lowest BCUT2D eigenvalue weighted by Crippen LogP contribution is -2.35. The summed E-state index contributed by atoms with van der Waals surface area (Å²) in [6.45, 7) is 3.35. The Kier molecular flexibility index (Phi) is 5.97. The number of halogens is 2. The lowest BCUT2D eigenvalue weighted by atomic mass is 10.1. The SMILES string of the molecule is Cc1cc(Br)cc(C)c1NC(=O)CN(C)S(=O)(=O)c1ccc(F)cc1. The van der Waals surface area contributed by atoms with Crippen molar-refractivity contribution < 1.29 is 17.6 Å². The van der Waals surface area contributed by atoms with E-state index in [1.165, 1.54) is 19.2 Å². The predicted molar refractivity (Wildman–Crippen MR) is 98.5 cm³/mol. The van der Waals surface area contributed by atoms with Gasteiger partial charge in [0.25, 0.3) is 0 Å². The van der Waals surface area contributed by atoms with Crippen molar-refractivity contribution in [3.05, 3.63) is 57.8 Å². The summed E-state index contributed by atoms with van der Waals surface area (Å²) >= 11 is 3.38. The lowest BCUT2D eigenvalue weighted by molar-refractivity contribution is -0.116. The lowest BCUT2D eigenvalue weighted by Gasteiger charge is -2.18. The second-order valence-electron chi connectivity index (χ2n) is 5.68. The Hall–Kier alpha value is -1.77. The fraction of sp³-hybridized carbons (Fsp3) is 0.235. The van der Waals surface area contributed by atoms with Gasteiger partial charge in [-0.1, -0.05) is 15.9 Å². The molecule has 0 saturated carbocycles. The maximum absolute atomic E-state index is 13.0. The molecule has 0 bridgehead atoms. The van der Waals surface area contributed by atoms with Crippen LogP contribution in [0.5, 0.6) is 0 Å². The van der Waals surface area contributed by atoms with Gasteiger partial charge < -0.3 is 5.32 Å². The molecule has 1 N–H and O–H groups in total. The Morgan fingerprint density at radius 2 is 1.68 bits per heavy atom. The van der Waals surface area contributed by atoms with Gasteiger partial charge in [-0.15, -0.1) is 0 Å². The van der Waals surface area contributed by atoms with E-state index in [9.17, 15) is 17.6 Å². The van der Waals surface area contributed by atoms with Crippen molar-refractivity contribution in [2.45, 2.75) is 18.7 Å². The number of hydrogen-bond acceptors (Lipinski definition) is 3. The minimum absolute atomic E-state index is 0.0693. The highest BCUT2D eigenvalue weighted by Gasteiger charge is 2.23. The Bertz CT molecular complexity index is 876. The van der Waals surface area contributed by atoms with Crippen LogP contribution in [0.15, 0.2) is 45.8 Å². The molecule has 25 heavy (non-hydrogen) atoms. The maximum Gasteiger partial charge on any atom is 0.243 e. The van der Waals surface area contributed by atoms with E-state index in [1.54, 1.807) is 0 Å². The molecule has 0 atom stereocenters. The Morgan fingerprint density at radius 1 is 1.16 bits per heavy atom. The van der Waals surface area contributed by atoms with E-state index in [0.29, 0.717) is 5.69 Å². The van der Waals surface area contributed by atoms with Gasteiger partial charge in [-0.05, 0) is 61.4 Å². The van der Waals surface area contributed by atoms with Gasteiger partial charge in [0.15, 0.2) is 0 Å². The number of aryl methyl sites for hydroxylation is 2. The van der Waals surface area contributed by atoms with Gasteiger partial charge in [-0.3, -0.25) is 4.79 Å². The number of anilines is 1. The largest absolute Gasteiger partial charge is 0.324 e. The maximum atomic E-state index is 13.0. The van der Waals surface area contributed by atoms with Crippen LogP contribution in [0.1, 0.15) is 11.1 Å².